The number of methoxy groups -OCH3 is 2. The van der Waals surface area contributed by atoms with Crippen LogP contribution in [0.2, 0.25) is 0 Å². The van der Waals surface area contributed by atoms with Gasteiger partial charge in [0.05, 0.1) is 19.9 Å². The van der Waals surface area contributed by atoms with Gasteiger partial charge in [0.2, 0.25) is 0 Å². The first-order chi connectivity index (χ1) is 7.60. The summed E-state index contributed by atoms with van der Waals surface area (Å²) in [6.07, 6.45) is -1.11. The first-order valence-corrected chi connectivity index (χ1v) is 4.81. The maximum absolute atomic E-state index is 11.6. The molecule has 1 heterocycles. The third-order valence-corrected chi connectivity index (χ3v) is 2.75. The van der Waals surface area contributed by atoms with Gasteiger partial charge in [0.15, 0.2) is 17.6 Å². The van der Waals surface area contributed by atoms with Crippen LogP contribution in [0.4, 0.5) is 5.69 Å². The van der Waals surface area contributed by atoms with E-state index >= 15 is 0 Å². The van der Waals surface area contributed by atoms with Crippen molar-refractivity contribution in [1.29, 1.82) is 0 Å². The second-order valence-electron chi connectivity index (χ2n) is 3.57. The van der Waals surface area contributed by atoms with Gasteiger partial charge in [-0.2, -0.15) is 0 Å². The number of nitrogens with zero attached hydrogens (tertiary/aromatic N) is 1. The molecule has 1 aliphatic heterocycles. The quantitative estimate of drug-likeness (QED) is 0.802. The van der Waals surface area contributed by atoms with E-state index in [1.54, 1.807) is 19.2 Å². The highest BCUT2D eigenvalue weighted by molar-refractivity contribution is 6.03. The highest BCUT2D eigenvalue weighted by Gasteiger charge is 2.34. The Balaban J connectivity index is 2.59. The molecule has 0 bridgehead atoms. The molecule has 1 amide bonds. The van der Waals surface area contributed by atoms with Gasteiger partial charge in [-0.25, -0.2) is 0 Å². The number of hydrogen-bond donors (Lipinski definition) is 1. The van der Waals surface area contributed by atoms with Crippen molar-refractivity contribution in [3.05, 3.63) is 17.7 Å². The van der Waals surface area contributed by atoms with E-state index in [4.69, 9.17) is 9.47 Å². The van der Waals surface area contributed by atoms with Crippen molar-refractivity contribution in [2.75, 3.05) is 26.2 Å². The minimum atomic E-state index is -1.11. The molecule has 86 valence electrons. The summed E-state index contributed by atoms with van der Waals surface area (Å²) >= 11 is 0. The van der Waals surface area contributed by atoms with Crippen molar-refractivity contribution in [2.24, 2.45) is 0 Å². The number of likely N-dealkylation sites (N-methyl/N-ethyl adjacent to an activating group) is 1. The van der Waals surface area contributed by atoms with Gasteiger partial charge in [0.1, 0.15) is 0 Å². The molecule has 1 unspecified atom stereocenters. The van der Waals surface area contributed by atoms with Crippen molar-refractivity contribution in [2.45, 2.75) is 6.10 Å². The SMILES string of the molecule is COc1cc2c(cc1OC)N(C)C(=O)C2O. The summed E-state index contributed by atoms with van der Waals surface area (Å²) in [6, 6.07) is 3.31. The van der Waals surface area contributed by atoms with Gasteiger partial charge in [-0.3, -0.25) is 4.79 Å². The number of aliphatic hydroxyl groups excluding tert-OH is 1. The highest BCUT2D eigenvalue weighted by atomic mass is 16.5. The van der Waals surface area contributed by atoms with Crippen LogP contribution >= 0.6 is 0 Å². The lowest BCUT2D eigenvalue weighted by molar-refractivity contribution is -0.125. The van der Waals surface area contributed by atoms with E-state index in [-0.39, 0.29) is 5.91 Å². The third-order valence-electron chi connectivity index (χ3n) is 2.75. The maximum atomic E-state index is 11.6. The Morgan fingerprint density at radius 1 is 1.25 bits per heavy atom. The number of anilines is 1. The monoisotopic (exact) mass is 223 g/mol. The van der Waals surface area contributed by atoms with Gasteiger partial charge in [0, 0.05) is 18.7 Å². The van der Waals surface area contributed by atoms with Crippen LogP contribution < -0.4 is 14.4 Å². The van der Waals surface area contributed by atoms with Gasteiger partial charge >= 0.3 is 0 Å². The molecule has 0 fully saturated rings. The van der Waals surface area contributed by atoms with Crippen LogP contribution in [0.3, 0.4) is 0 Å². The van der Waals surface area contributed by atoms with Crippen LogP contribution in [0, 0.1) is 0 Å². The Morgan fingerprint density at radius 2 is 1.81 bits per heavy atom. The fourth-order valence-electron chi connectivity index (χ4n) is 1.83. The molecule has 0 spiro atoms. The molecule has 2 rings (SSSR count). The van der Waals surface area contributed by atoms with E-state index in [1.807, 2.05) is 0 Å². The number of amides is 1. The van der Waals surface area contributed by atoms with Gasteiger partial charge < -0.3 is 19.5 Å². The third kappa shape index (κ3) is 1.32. The van der Waals surface area contributed by atoms with Crippen LogP contribution in [0.15, 0.2) is 12.1 Å². The predicted octanol–water partition coefficient (Wildman–Crippen LogP) is 0.714. The van der Waals surface area contributed by atoms with Gasteiger partial charge in [-0.05, 0) is 6.07 Å². The molecule has 1 aromatic carbocycles. The predicted molar refractivity (Wildman–Crippen MR) is 57.9 cm³/mol. The number of aliphatic hydroxyl groups is 1. The second-order valence-corrected chi connectivity index (χ2v) is 3.57. The maximum Gasteiger partial charge on any atom is 0.260 e. The van der Waals surface area contributed by atoms with Crippen LogP contribution in [0.25, 0.3) is 0 Å². The molecule has 16 heavy (non-hydrogen) atoms. The molecule has 5 heteroatoms. The Hall–Kier alpha value is -1.75. The summed E-state index contributed by atoms with van der Waals surface area (Å²) in [5.41, 5.74) is 1.19. The first-order valence-electron chi connectivity index (χ1n) is 4.81. The van der Waals surface area contributed by atoms with Gasteiger partial charge in [-0.1, -0.05) is 0 Å². The molecule has 1 aromatic rings. The number of carbonyl (C=O) groups excluding carboxylic acids is 1. The summed E-state index contributed by atoms with van der Waals surface area (Å²) in [6.45, 7) is 0. The Morgan fingerprint density at radius 3 is 2.38 bits per heavy atom. The molecule has 0 radical (unpaired) electrons. The molecule has 0 aliphatic carbocycles. The van der Waals surface area contributed by atoms with Gasteiger partial charge in [-0.15, -0.1) is 0 Å². The van der Waals surface area contributed by atoms with Gasteiger partial charge in [0.25, 0.3) is 5.91 Å². The lowest BCUT2D eigenvalue weighted by Crippen LogP contribution is -2.23. The van der Waals surface area contributed by atoms with E-state index in [0.29, 0.717) is 22.7 Å². The standard InChI is InChI=1S/C11H13NO4/c1-12-7-5-9(16-3)8(15-2)4-6(7)10(13)11(12)14/h4-5,10,13H,1-3H3. The zero-order valence-corrected chi connectivity index (χ0v) is 9.35. The number of fused-ring (bicyclic) bond motifs is 1. The van der Waals surface area contributed by atoms with E-state index < -0.39 is 6.10 Å². The average Bonchev–Trinajstić information content (AvgIpc) is 2.52. The molecule has 1 aliphatic rings. The van der Waals surface area contributed by atoms with Crippen molar-refractivity contribution in [3.63, 3.8) is 0 Å². The lowest BCUT2D eigenvalue weighted by atomic mass is 10.1. The van der Waals surface area contributed by atoms with E-state index in [2.05, 4.69) is 0 Å². The van der Waals surface area contributed by atoms with Crippen molar-refractivity contribution in [3.8, 4) is 11.5 Å². The largest absolute Gasteiger partial charge is 0.493 e. The minimum Gasteiger partial charge on any atom is -0.493 e. The van der Waals surface area contributed by atoms with E-state index in [1.165, 1.54) is 19.1 Å². The number of rotatable bonds is 2. The summed E-state index contributed by atoms with van der Waals surface area (Å²) in [5, 5.41) is 9.72. The zero-order chi connectivity index (χ0) is 11.9. The number of hydrogen-bond acceptors (Lipinski definition) is 4. The van der Waals surface area contributed by atoms with Crippen LogP contribution in [0.5, 0.6) is 11.5 Å². The second kappa shape index (κ2) is 3.68. The normalized spacial score (nSPS) is 18.6. The number of ether oxygens (including phenoxy) is 2. The molecule has 0 saturated heterocycles. The summed E-state index contributed by atoms with van der Waals surface area (Å²) in [4.78, 5) is 13.0. The molecule has 5 nitrogen and oxygen atoms in total. The van der Waals surface area contributed by atoms with Crippen LogP contribution in [-0.4, -0.2) is 32.3 Å². The first kappa shape index (κ1) is 10.8. The molecule has 1 N–H and O–H groups in total. The summed E-state index contributed by atoms with van der Waals surface area (Å²) in [7, 11) is 4.65. The Labute approximate surface area is 93.2 Å². The van der Waals surface area contributed by atoms with Crippen molar-refractivity contribution in [1.82, 2.24) is 0 Å². The molecular formula is C11H13NO4. The number of benzene rings is 1. The van der Waals surface area contributed by atoms with E-state index in [0.717, 1.165) is 0 Å². The fourth-order valence-corrected chi connectivity index (χ4v) is 1.83. The van der Waals surface area contributed by atoms with Crippen molar-refractivity contribution >= 4 is 11.6 Å². The molecule has 0 aromatic heterocycles. The smallest absolute Gasteiger partial charge is 0.260 e. The van der Waals surface area contributed by atoms with Crippen LogP contribution in [0.1, 0.15) is 11.7 Å². The Bertz CT molecular complexity index is 405. The molecule has 0 saturated carbocycles. The number of carbonyl (C=O) groups is 1. The summed E-state index contributed by atoms with van der Waals surface area (Å²) in [5.74, 6) is 0.698. The van der Waals surface area contributed by atoms with Crippen molar-refractivity contribution < 1.29 is 19.4 Å². The highest BCUT2D eigenvalue weighted by Crippen LogP contribution is 2.42. The average molecular weight is 223 g/mol. The topological polar surface area (TPSA) is 59.0 Å². The zero-order valence-electron chi connectivity index (χ0n) is 9.35. The Kier molecular flexibility index (Phi) is 2.47. The minimum absolute atomic E-state index is 0.342. The molecular weight excluding hydrogens is 210 g/mol. The lowest BCUT2D eigenvalue weighted by Gasteiger charge is -2.13. The van der Waals surface area contributed by atoms with Crippen LogP contribution in [-0.2, 0) is 4.79 Å². The molecule has 1 atom stereocenters. The summed E-state index contributed by atoms with van der Waals surface area (Å²) < 4.78 is 10.3. The fraction of sp³-hybridized carbons (Fsp3) is 0.364. The van der Waals surface area contributed by atoms with E-state index in [9.17, 15) is 9.90 Å².